The van der Waals surface area contributed by atoms with E-state index < -0.39 is 12.7 Å². The smallest absolute Gasteiger partial charge is 0.316 e. The largest absolute Gasteiger partial charge is 0.401 e. The molecule has 1 rings (SSSR count). The molecule has 1 fully saturated rings. The van der Waals surface area contributed by atoms with Crippen molar-refractivity contribution >= 4 is 0 Å². The van der Waals surface area contributed by atoms with E-state index in [2.05, 4.69) is 19.2 Å². The van der Waals surface area contributed by atoms with Gasteiger partial charge in [-0.1, -0.05) is 27.2 Å². The van der Waals surface area contributed by atoms with Gasteiger partial charge in [-0.2, -0.15) is 13.2 Å². The average Bonchev–Trinajstić information content (AvgIpc) is 3.07. The summed E-state index contributed by atoms with van der Waals surface area (Å²) in [6, 6.07) is 0.152. The van der Waals surface area contributed by atoms with E-state index in [1.54, 1.807) is 4.90 Å². The zero-order valence-corrected chi connectivity index (χ0v) is 12.3. The highest BCUT2D eigenvalue weighted by molar-refractivity contribution is 4.90. The second-order valence-corrected chi connectivity index (χ2v) is 6.09. The molecule has 5 heteroatoms. The summed E-state index contributed by atoms with van der Waals surface area (Å²) < 4.78 is 37.9. The van der Waals surface area contributed by atoms with Crippen LogP contribution >= 0.6 is 0 Å². The van der Waals surface area contributed by atoms with Gasteiger partial charge in [-0.05, 0) is 31.2 Å². The summed E-state index contributed by atoms with van der Waals surface area (Å²) in [4.78, 5) is 1.65. The number of hydrogen-bond donors (Lipinski definition) is 1. The Labute approximate surface area is 114 Å². The molecule has 0 amide bonds. The average molecular weight is 280 g/mol. The van der Waals surface area contributed by atoms with Crippen molar-refractivity contribution in [3.63, 3.8) is 0 Å². The number of rotatable bonds is 9. The summed E-state index contributed by atoms with van der Waals surface area (Å²) in [6.07, 6.45) is -0.291. The highest BCUT2D eigenvalue weighted by Crippen LogP contribution is 2.34. The second-order valence-electron chi connectivity index (χ2n) is 6.09. The maximum Gasteiger partial charge on any atom is 0.401 e. The van der Waals surface area contributed by atoms with Gasteiger partial charge in [0.05, 0.1) is 6.54 Å². The van der Waals surface area contributed by atoms with Gasteiger partial charge in [0.2, 0.25) is 0 Å². The van der Waals surface area contributed by atoms with Gasteiger partial charge in [0.25, 0.3) is 0 Å². The Hall–Kier alpha value is -0.290. The van der Waals surface area contributed by atoms with Gasteiger partial charge in [0.15, 0.2) is 0 Å². The first-order chi connectivity index (χ1) is 8.79. The summed E-state index contributed by atoms with van der Waals surface area (Å²) in [5.41, 5.74) is -0.0708. The van der Waals surface area contributed by atoms with Gasteiger partial charge in [-0.3, -0.25) is 4.90 Å². The normalized spacial score (nSPS) is 19.7. The van der Waals surface area contributed by atoms with Crippen molar-refractivity contribution in [2.45, 2.75) is 58.7 Å². The predicted molar refractivity (Wildman–Crippen MR) is 72.2 cm³/mol. The fourth-order valence-electron chi connectivity index (χ4n) is 2.73. The van der Waals surface area contributed by atoms with Gasteiger partial charge >= 0.3 is 6.18 Å². The molecule has 0 heterocycles. The van der Waals surface area contributed by atoms with Crippen LogP contribution in [0, 0.1) is 5.41 Å². The highest BCUT2D eigenvalue weighted by atomic mass is 19.4. The van der Waals surface area contributed by atoms with Crippen LogP contribution in [0.3, 0.4) is 0 Å². The zero-order valence-electron chi connectivity index (χ0n) is 12.3. The van der Waals surface area contributed by atoms with Crippen molar-refractivity contribution in [2.75, 3.05) is 26.2 Å². The zero-order chi connectivity index (χ0) is 14.5. The van der Waals surface area contributed by atoms with E-state index in [1.807, 2.05) is 6.92 Å². The molecule has 2 nitrogen and oxygen atoms in total. The van der Waals surface area contributed by atoms with Gasteiger partial charge < -0.3 is 5.32 Å². The molecule has 0 aromatic carbocycles. The quantitative estimate of drug-likeness (QED) is 0.696. The van der Waals surface area contributed by atoms with Crippen LogP contribution in [0.4, 0.5) is 13.2 Å². The van der Waals surface area contributed by atoms with Gasteiger partial charge in [0.1, 0.15) is 0 Å². The first-order valence-corrected chi connectivity index (χ1v) is 7.31. The van der Waals surface area contributed by atoms with Gasteiger partial charge in [-0.15, -0.1) is 0 Å². The standard InChI is InChI=1S/C14H27F3N2/c1-4-8-13(3,9-18-5-2)10-19(12-6-7-12)11-14(15,16)17/h12,18H,4-11H2,1-3H3. The molecule has 19 heavy (non-hydrogen) atoms. The molecular weight excluding hydrogens is 253 g/mol. The summed E-state index contributed by atoms with van der Waals surface area (Å²) in [6.45, 7) is 7.66. The lowest BCUT2D eigenvalue weighted by Crippen LogP contribution is -2.46. The molecule has 0 bridgehead atoms. The van der Waals surface area contributed by atoms with E-state index in [4.69, 9.17) is 0 Å². The Morgan fingerprint density at radius 1 is 1.16 bits per heavy atom. The molecule has 0 aromatic heterocycles. The highest BCUT2D eigenvalue weighted by Gasteiger charge is 2.40. The van der Waals surface area contributed by atoms with Crippen LogP contribution in [-0.4, -0.2) is 43.3 Å². The fourth-order valence-corrected chi connectivity index (χ4v) is 2.73. The molecule has 1 unspecified atom stereocenters. The van der Waals surface area contributed by atoms with Crippen LogP contribution in [0.1, 0.15) is 46.5 Å². The molecule has 0 radical (unpaired) electrons. The first kappa shape index (κ1) is 16.8. The predicted octanol–water partition coefficient (Wildman–Crippen LogP) is 3.43. The molecule has 1 aliphatic rings. The Morgan fingerprint density at radius 2 is 1.79 bits per heavy atom. The number of nitrogens with one attached hydrogen (secondary N) is 1. The van der Waals surface area contributed by atoms with Crippen molar-refractivity contribution in [2.24, 2.45) is 5.41 Å². The molecule has 114 valence electrons. The summed E-state index contributed by atoms with van der Waals surface area (Å²) >= 11 is 0. The minimum Gasteiger partial charge on any atom is -0.316 e. The maximum atomic E-state index is 12.6. The van der Waals surface area contributed by atoms with Crippen molar-refractivity contribution < 1.29 is 13.2 Å². The molecule has 0 saturated heterocycles. The lowest BCUT2D eigenvalue weighted by atomic mass is 9.84. The second kappa shape index (κ2) is 6.93. The molecule has 1 aliphatic carbocycles. The molecule has 0 aromatic rings. The van der Waals surface area contributed by atoms with Crippen molar-refractivity contribution in [1.82, 2.24) is 10.2 Å². The van der Waals surface area contributed by atoms with Crippen molar-refractivity contribution in [3.8, 4) is 0 Å². The van der Waals surface area contributed by atoms with Crippen LogP contribution < -0.4 is 5.32 Å². The van der Waals surface area contributed by atoms with Crippen LogP contribution in [0.5, 0.6) is 0 Å². The monoisotopic (exact) mass is 280 g/mol. The van der Waals surface area contributed by atoms with Gasteiger partial charge in [-0.25, -0.2) is 0 Å². The van der Waals surface area contributed by atoms with E-state index in [9.17, 15) is 13.2 Å². The Balaban J connectivity index is 2.61. The Morgan fingerprint density at radius 3 is 2.21 bits per heavy atom. The van der Waals surface area contributed by atoms with Crippen LogP contribution in [0.2, 0.25) is 0 Å². The van der Waals surface area contributed by atoms with E-state index >= 15 is 0 Å². The third-order valence-electron chi connectivity index (χ3n) is 3.69. The van der Waals surface area contributed by atoms with E-state index in [1.165, 1.54) is 0 Å². The third kappa shape index (κ3) is 6.61. The minimum absolute atomic E-state index is 0.0708. The van der Waals surface area contributed by atoms with Crippen molar-refractivity contribution in [3.05, 3.63) is 0 Å². The van der Waals surface area contributed by atoms with E-state index in [0.717, 1.165) is 38.8 Å². The lowest BCUT2D eigenvalue weighted by Gasteiger charge is -2.36. The SMILES string of the molecule is CCCC(C)(CNCC)CN(CC(F)(F)F)C1CC1. The topological polar surface area (TPSA) is 15.3 Å². The first-order valence-electron chi connectivity index (χ1n) is 7.31. The Bertz CT molecular complexity index is 264. The third-order valence-corrected chi connectivity index (χ3v) is 3.69. The Kier molecular flexibility index (Phi) is 6.12. The van der Waals surface area contributed by atoms with Crippen LogP contribution in [0.25, 0.3) is 0 Å². The molecule has 0 spiro atoms. The lowest BCUT2D eigenvalue weighted by molar-refractivity contribution is -0.150. The van der Waals surface area contributed by atoms with E-state index in [-0.39, 0.29) is 11.5 Å². The van der Waals surface area contributed by atoms with Crippen LogP contribution in [-0.2, 0) is 0 Å². The van der Waals surface area contributed by atoms with E-state index in [0.29, 0.717) is 6.54 Å². The number of hydrogen-bond acceptors (Lipinski definition) is 2. The number of halogens is 3. The summed E-state index contributed by atoms with van der Waals surface area (Å²) in [7, 11) is 0. The van der Waals surface area contributed by atoms with Crippen molar-refractivity contribution in [1.29, 1.82) is 0 Å². The van der Waals surface area contributed by atoms with Crippen LogP contribution in [0.15, 0.2) is 0 Å². The minimum atomic E-state index is -4.09. The summed E-state index contributed by atoms with van der Waals surface area (Å²) in [5, 5.41) is 3.29. The molecule has 0 aliphatic heterocycles. The maximum absolute atomic E-state index is 12.6. The summed E-state index contributed by atoms with van der Waals surface area (Å²) in [5.74, 6) is 0. The number of nitrogens with zero attached hydrogens (tertiary/aromatic N) is 1. The molecular formula is C14H27F3N2. The fraction of sp³-hybridized carbons (Fsp3) is 1.00. The number of alkyl halides is 3. The molecule has 1 saturated carbocycles. The molecule has 1 N–H and O–H groups in total. The van der Waals surface area contributed by atoms with Gasteiger partial charge in [0, 0.05) is 19.1 Å². The molecule has 1 atom stereocenters.